The third-order valence-electron chi connectivity index (χ3n) is 4.67. The fraction of sp³-hybridized carbons (Fsp3) is 0.550. The molecular weight excluding hydrogens is 463 g/mol. The molecule has 1 heterocycles. The lowest BCUT2D eigenvalue weighted by molar-refractivity contribution is -0.156. The Morgan fingerprint density at radius 1 is 1.44 bits per heavy atom. The molecule has 2 fully saturated rings. The van der Waals surface area contributed by atoms with Crippen LogP contribution in [0.5, 0.6) is 5.75 Å². The van der Waals surface area contributed by atoms with Gasteiger partial charge in [0, 0.05) is 18.3 Å². The summed E-state index contributed by atoms with van der Waals surface area (Å²) >= 11 is 7.27. The van der Waals surface area contributed by atoms with Crippen LogP contribution in [-0.4, -0.2) is 59.7 Å². The molecule has 0 spiro atoms. The standard InChI is InChI=1S/C18H19F3O5.2CH5BS/c19-18(20,21)10-2-1-3-12(6-10)25-9-11(22)4-5-13-14-7-17(24)26-16(13)8-15(14)23;2*1-2-3/h1-6,11,13-16,22-23H,7-9H2;2*2-3H,1H3/b5-4+;;/t11-,13?,14?,15?,16?;;/m1../s1/i22T,23T;2*2D. The summed E-state index contributed by atoms with van der Waals surface area (Å²) in [7, 11) is 0. The predicted molar refractivity (Wildman–Crippen MR) is 128 cm³/mol. The number of hydrogen-bond donors (Lipinski definition) is 4. The van der Waals surface area contributed by atoms with Gasteiger partial charge in [0.15, 0.2) is 13.0 Å². The van der Waals surface area contributed by atoms with Gasteiger partial charge in [-0.25, -0.2) is 25.0 Å². The summed E-state index contributed by atoms with van der Waals surface area (Å²) in [5.74, 6) is -0.699. The Hall–Kier alpha value is -1.23. The van der Waals surface area contributed by atoms with E-state index < -0.39 is 30.1 Å². The van der Waals surface area contributed by atoms with Gasteiger partial charge in [-0.1, -0.05) is 31.9 Å². The smallest absolute Gasteiger partial charge is 0.416 e. The van der Waals surface area contributed by atoms with Crippen LogP contribution < -0.4 is 4.74 Å². The highest BCUT2D eigenvalue weighted by molar-refractivity contribution is 8.06. The highest BCUT2D eigenvalue weighted by atomic mass is 32.1. The zero-order chi connectivity index (χ0) is 27.5. The Balaban J connectivity index is 0.000000709. The molecule has 1 saturated heterocycles. The molecule has 5 atom stereocenters. The van der Waals surface area contributed by atoms with Crippen molar-refractivity contribution >= 4 is 44.0 Å². The normalized spacial score (nSPS) is 26.7. The first-order valence-corrected chi connectivity index (χ1v) is 10.9. The van der Waals surface area contributed by atoms with Gasteiger partial charge in [0.1, 0.15) is 24.6 Å². The molecule has 2 bridgehead atoms. The van der Waals surface area contributed by atoms with E-state index in [0.29, 0.717) is 6.42 Å². The highest BCUT2D eigenvalue weighted by Gasteiger charge is 2.48. The monoisotopic (exact) mass is 498 g/mol. The van der Waals surface area contributed by atoms with Crippen LogP contribution in [0.3, 0.4) is 0 Å². The molecule has 32 heavy (non-hydrogen) atoms. The molecule has 5 nitrogen and oxygen atoms in total. The molecule has 0 aromatic heterocycles. The molecule has 12 heteroatoms. The second-order valence-corrected chi connectivity index (χ2v) is 8.06. The average molecular weight is 498 g/mol. The van der Waals surface area contributed by atoms with E-state index in [-0.39, 0.29) is 49.6 Å². The SMILES string of the molecule is [2H]B(C)S.[2H]B(C)S.[3H]OC1CC2OC(=O)CC1C2/C=C/[C@H](COc1cccc(C(F)(F)F)c1)O[3H]. The van der Waals surface area contributed by atoms with Crippen LogP contribution in [0.25, 0.3) is 0 Å². The van der Waals surface area contributed by atoms with Crippen molar-refractivity contribution in [1.82, 2.24) is 0 Å². The van der Waals surface area contributed by atoms with E-state index >= 15 is 0 Å². The number of carbonyl (C=O) groups excluding carboxylic acids is 1. The zero-order valence-corrected chi connectivity index (χ0v) is 19.5. The van der Waals surface area contributed by atoms with Gasteiger partial charge in [-0.05, 0) is 20.9 Å². The van der Waals surface area contributed by atoms with Crippen LogP contribution in [0.2, 0.25) is 13.6 Å². The number of hydrogen-bond acceptors (Lipinski definition) is 7. The van der Waals surface area contributed by atoms with Crippen molar-refractivity contribution < 1.29 is 37.7 Å². The third-order valence-corrected chi connectivity index (χ3v) is 4.67. The van der Waals surface area contributed by atoms with Crippen LogP contribution in [0.1, 0.15) is 18.4 Å². The van der Waals surface area contributed by atoms with Crippen molar-refractivity contribution in [2.75, 3.05) is 6.61 Å². The number of ether oxygens (including phenoxy) is 2. The lowest BCUT2D eigenvalue weighted by Crippen LogP contribution is -2.32. The molecule has 0 amide bonds. The van der Waals surface area contributed by atoms with Crippen LogP contribution in [0.4, 0.5) is 13.2 Å². The number of halogens is 3. The van der Waals surface area contributed by atoms with Gasteiger partial charge >= 0.3 is 12.1 Å². The van der Waals surface area contributed by atoms with Crippen LogP contribution in [-0.2, 0) is 15.7 Å². The van der Waals surface area contributed by atoms with Gasteiger partial charge < -0.3 is 19.7 Å². The van der Waals surface area contributed by atoms with Gasteiger partial charge in [0.05, 0.1) is 18.1 Å². The summed E-state index contributed by atoms with van der Waals surface area (Å²) in [6, 6.07) is 4.44. The number of rotatable bonds is 7. The Morgan fingerprint density at radius 3 is 2.72 bits per heavy atom. The van der Waals surface area contributed by atoms with Gasteiger partial charge in [-0.15, -0.1) is 0 Å². The molecule has 1 saturated carbocycles. The van der Waals surface area contributed by atoms with Gasteiger partial charge in [-0.2, -0.15) is 13.2 Å². The molecule has 1 aliphatic carbocycles. The second-order valence-electron chi connectivity index (χ2n) is 7.02. The minimum atomic E-state index is -4.47. The van der Waals surface area contributed by atoms with E-state index in [4.69, 9.17) is 15.0 Å². The van der Waals surface area contributed by atoms with Crippen molar-refractivity contribution in [3.8, 4) is 5.75 Å². The third kappa shape index (κ3) is 9.33. The molecular formula is C20H29B2F3O5S2. The summed E-state index contributed by atoms with van der Waals surface area (Å²) in [5, 5.41) is 9.25. The molecule has 3 rings (SSSR count). The van der Waals surface area contributed by atoms with Gasteiger partial charge in [-0.3, -0.25) is 4.79 Å². The summed E-state index contributed by atoms with van der Waals surface area (Å²) in [4.78, 5) is 11.6. The number of aliphatic hydroxyl groups excluding tert-OH is 2. The van der Waals surface area contributed by atoms with E-state index in [0.717, 1.165) is 12.1 Å². The first-order valence-electron chi connectivity index (χ1n) is 11.9. The Morgan fingerprint density at radius 2 is 2.12 bits per heavy atom. The van der Waals surface area contributed by atoms with Crippen molar-refractivity contribution in [2.45, 2.75) is 51.0 Å². The lowest BCUT2D eigenvalue weighted by atomic mass is 9.88. The number of alkyl halides is 3. The molecule has 2 aliphatic rings. The molecule has 1 aliphatic heterocycles. The highest BCUT2D eigenvalue weighted by Crippen LogP contribution is 2.41. The minimum Gasteiger partial charge on any atom is -0.491 e. The second kappa shape index (κ2) is 14.1. The molecule has 1 aromatic carbocycles. The Kier molecular flexibility index (Phi) is 9.96. The van der Waals surface area contributed by atoms with E-state index in [1.165, 1.54) is 12.1 Å². The molecule has 178 valence electrons. The van der Waals surface area contributed by atoms with Crippen LogP contribution >= 0.6 is 25.0 Å². The molecule has 2 N–H and O–H groups in total. The summed E-state index contributed by atoms with van der Waals surface area (Å²) < 4.78 is 76.0. The number of esters is 1. The fourth-order valence-electron chi connectivity index (χ4n) is 3.40. The van der Waals surface area contributed by atoms with Gasteiger partial charge in [0.25, 0.3) is 0 Å². The lowest BCUT2D eigenvalue weighted by Gasteiger charge is -2.27. The zero-order valence-electron chi connectivity index (χ0n) is 21.7. The number of thiol groups is 2. The first kappa shape index (κ1) is 22.6. The van der Waals surface area contributed by atoms with Crippen molar-refractivity contribution in [1.29, 1.82) is 5.53 Å². The topological polar surface area (TPSA) is 76.0 Å². The van der Waals surface area contributed by atoms with E-state index in [2.05, 4.69) is 35.2 Å². The number of carbonyl (C=O) groups is 1. The van der Waals surface area contributed by atoms with Crippen molar-refractivity contribution in [3.63, 3.8) is 0 Å². The summed E-state index contributed by atoms with van der Waals surface area (Å²) in [6.45, 7) is 2.79. The van der Waals surface area contributed by atoms with E-state index in [9.17, 15) is 18.0 Å². The Labute approximate surface area is 204 Å². The van der Waals surface area contributed by atoms with Crippen LogP contribution in [0.15, 0.2) is 36.4 Å². The molecule has 4 unspecified atom stereocenters. The predicted octanol–water partition coefficient (Wildman–Crippen LogP) is 2.95. The molecule has 1 aromatic rings. The maximum absolute atomic E-state index is 12.7. The van der Waals surface area contributed by atoms with Gasteiger partial charge in [0.2, 0.25) is 2.86 Å². The number of fused-ring (bicyclic) bond motifs is 2. The van der Waals surface area contributed by atoms with Crippen molar-refractivity contribution in [2.24, 2.45) is 11.8 Å². The quantitative estimate of drug-likeness (QED) is 0.202. The first-order chi connectivity index (χ1) is 16.8. The number of aliphatic hydroxyl groups is 2. The summed E-state index contributed by atoms with van der Waals surface area (Å²) in [5.41, 5.74) is -0.828. The van der Waals surface area contributed by atoms with E-state index in [1.807, 2.05) is 0 Å². The Bertz CT molecular complexity index is 831. The fourth-order valence-corrected chi connectivity index (χ4v) is 3.40. The maximum Gasteiger partial charge on any atom is 0.416 e. The van der Waals surface area contributed by atoms with Crippen molar-refractivity contribution in [3.05, 3.63) is 42.0 Å². The summed E-state index contributed by atoms with van der Waals surface area (Å²) in [6.07, 6.45) is -2.28. The minimum absolute atomic E-state index is 0.0135. The van der Waals surface area contributed by atoms with Crippen LogP contribution in [0, 0.1) is 11.8 Å². The van der Waals surface area contributed by atoms with E-state index in [1.54, 1.807) is 25.8 Å². The largest absolute Gasteiger partial charge is 0.491 e. The average Bonchev–Trinajstić information content (AvgIpc) is 2.98. The maximum atomic E-state index is 12.7. The number of benzene rings is 1. The molecule has 0 radical (unpaired) electrons.